The number of benzene rings is 3. The molecule has 3 aromatic rings. The largest absolute Gasteiger partial charge is 0.508 e. The summed E-state index contributed by atoms with van der Waals surface area (Å²) in [5.74, 6) is -0.398. The minimum Gasteiger partial charge on any atom is -0.508 e. The SMILES string of the molecule is CSc1ccc(NC(=O)O[C@H](c2cc(I)ccc2O)C(C)(C)/C=C/C(=O)Nc2ccccc2N)cc1. The highest BCUT2D eigenvalue weighted by molar-refractivity contribution is 14.1. The molecule has 0 heterocycles. The molecule has 0 spiro atoms. The highest BCUT2D eigenvalue weighted by Gasteiger charge is 2.34. The average Bonchev–Trinajstić information content (AvgIpc) is 2.85. The zero-order valence-corrected chi connectivity index (χ0v) is 23.1. The lowest BCUT2D eigenvalue weighted by atomic mass is 9.81. The molecule has 36 heavy (non-hydrogen) atoms. The number of nitrogens with two attached hydrogens (primary N) is 1. The summed E-state index contributed by atoms with van der Waals surface area (Å²) in [7, 11) is 0. The van der Waals surface area contributed by atoms with Crippen LogP contribution in [0.2, 0.25) is 0 Å². The number of carbonyl (C=O) groups excluding carboxylic acids is 2. The summed E-state index contributed by atoms with van der Waals surface area (Å²) >= 11 is 3.73. The molecular weight excluding hydrogens is 589 g/mol. The molecule has 5 N–H and O–H groups in total. The van der Waals surface area contributed by atoms with Gasteiger partial charge in [-0.1, -0.05) is 32.1 Å². The highest BCUT2D eigenvalue weighted by atomic mass is 127. The number of para-hydroxylation sites is 2. The number of nitrogen functional groups attached to an aromatic ring is 1. The molecule has 3 aromatic carbocycles. The Morgan fingerprint density at radius 1 is 1.08 bits per heavy atom. The summed E-state index contributed by atoms with van der Waals surface area (Å²) < 4.78 is 6.71. The number of thioether (sulfide) groups is 1. The Morgan fingerprint density at radius 3 is 2.44 bits per heavy atom. The molecule has 0 saturated carbocycles. The van der Waals surface area contributed by atoms with Crippen LogP contribution in [0.3, 0.4) is 0 Å². The molecule has 0 fully saturated rings. The number of amides is 2. The minimum atomic E-state index is -0.900. The zero-order chi connectivity index (χ0) is 26.3. The van der Waals surface area contributed by atoms with Crippen LogP contribution in [0, 0.1) is 8.99 Å². The van der Waals surface area contributed by atoms with E-state index in [1.165, 1.54) is 6.08 Å². The molecule has 0 radical (unpaired) electrons. The molecule has 1 atom stereocenters. The van der Waals surface area contributed by atoms with Crippen molar-refractivity contribution in [1.29, 1.82) is 0 Å². The number of ether oxygens (including phenoxy) is 1. The summed E-state index contributed by atoms with van der Waals surface area (Å²) in [6, 6.07) is 19.4. The molecule has 0 aliphatic carbocycles. The molecule has 188 valence electrons. The summed E-state index contributed by atoms with van der Waals surface area (Å²) in [5, 5.41) is 16.1. The van der Waals surface area contributed by atoms with Crippen LogP contribution in [0.5, 0.6) is 5.75 Å². The first-order valence-corrected chi connectivity index (χ1v) is 13.3. The average molecular weight is 618 g/mol. The van der Waals surface area contributed by atoms with Crippen molar-refractivity contribution in [1.82, 2.24) is 0 Å². The van der Waals surface area contributed by atoms with E-state index in [1.54, 1.807) is 72.4 Å². The quantitative estimate of drug-likeness (QED) is 0.0956. The van der Waals surface area contributed by atoms with Crippen LogP contribution in [0.1, 0.15) is 25.5 Å². The van der Waals surface area contributed by atoms with Gasteiger partial charge in [-0.3, -0.25) is 10.1 Å². The number of phenolic OH excluding ortho intramolecular Hbond substituents is 1. The lowest BCUT2D eigenvalue weighted by molar-refractivity contribution is -0.112. The third-order valence-corrected chi connectivity index (χ3v) is 6.81. The van der Waals surface area contributed by atoms with E-state index < -0.39 is 17.6 Å². The molecule has 0 aliphatic heterocycles. The first kappa shape index (κ1) is 27.4. The van der Waals surface area contributed by atoms with Gasteiger partial charge in [-0.2, -0.15) is 0 Å². The number of aromatic hydroxyl groups is 1. The second-order valence-corrected chi connectivity index (χ2v) is 10.7. The number of anilines is 3. The maximum Gasteiger partial charge on any atom is 0.412 e. The van der Waals surface area contributed by atoms with Crippen LogP contribution >= 0.6 is 34.4 Å². The maximum atomic E-state index is 12.9. The van der Waals surface area contributed by atoms with Crippen LogP contribution in [-0.2, 0) is 9.53 Å². The first-order chi connectivity index (χ1) is 17.1. The van der Waals surface area contributed by atoms with E-state index in [4.69, 9.17) is 10.5 Å². The fourth-order valence-electron chi connectivity index (χ4n) is 3.44. The van der Waals surface area contributed by atoms with Crippen LogP contribution in [-0.4, -0.2) is 23.4 Å². The summed E-state index contributed by atoms with van der Waals surface area (Å²) in [5.41, 5.74) is 6.99. The summed E-state index contributed by atoms with van der Waals surface area (Å²) in [4.78, 5) is 26.5. The lowest BCUT2D eigenvalue weighted by Crippen LogP contribution is -2.28. The Balaban J connectivity index is 1.84. The van der Waals surface area contributed by atoms with Crippen molar-refractivity contribution in [2.75, 3.05) is 22.6 Å². The number of phenols is 1. The molecule has 2 amide bonds. The molecule has 0 bridgehead atoms. The molecule has 0 aromatic heterocycles. The molecule has 3 rings (SSSR count). The molecule has 7 nitrogen and oxygen atoms in total. The van der Waals surface area contributed by atoms with Gasteiger partial charge < -0.3 is 20.9 Å². The molecule has 0 unspecified atom stereocenters. The van der Waals surface area contributed by atoms with Crippen molar-refractivity contribution < 1.29 is 19.4 Å². The second kappa shape index (κ2) is 12.2. The van der Waals surface area contributed by atoms with Gasteiger partial charge in [-0.25, -0.2) is 4.79 Å². The monoisotopic (exact) mass is 617 g/mol. The van der Waals surface area contributed by atoms with Crippen molar-refractivity contribution in [2.24, 2.45) is 5.41 Å². The lowest BCUT2D eigenvalue weighted by Gasteiger charge is -2.32. The van der Waals surface area contributed by atoms with Crippen LogP contribution in [0.4, 0.5) is 21.9 Å². The van der Waals surface area contributed by atoms with E-state index >= 15 is 0 Å². The number of hydrogen-bond acceptors (Lipinski definition) is 6. The van der Waals surface area contributed by atoms with Gasteiger partial charge in [0.25, 0.3) is 0 Å². The number of nitrogens with one attached hydrogen (secondary N) is 2. The van der Waals surface area contributed by atoms with E-state index in [2.05, 4.69) is 33.2 Å². The third kappa shape index (κ3) is 7.41. The van der Waals surface area contributed by atoms with E-state index in [0.717, 1.165) is 8.47 Å². The van der Waals surface area contributed by atoms with Gasteiger partial charge in [-0.05, 0) is 89.5 Å². The van der Waals surface area contributed by atoms with Crippen LogP contribution in [0.25, 0.3) is 0 Å². The molecular formula is C27H28IN3O4S. The van der Waals surface area contributed by atoms with Gasteiger partial charge in [-0.15, -0.1) is 11.8 Å². The van der Waals surface area contributed by atoms with Crippen molar-refractivity contribution in [3.8, 4) is 5.75 Å². The summed E-state index contributed by atoms with van der Waals surface area (Å²) in [6.45, 7) is 3.64. The van der Waals surface area contributed by atoms with Crippen molar-refractivity contribution in [3.63, 3.8) is 0 Å². The van der Waals surface area contributed by atoms with Gasteiger partial charge in [0.05, 0.1) is 11.4 Å². The van der Waals surface area contributed by atoms with Crippen molar-refractivity contribution in [2.45, 2.75) is 24.8 Å². The molecule has 0 aliphatic rings. The standard InChI is InChI=1S/C27H28IN3O4S/c1-27(2,15-14-24(33)31-22-7-5-4-6-21(22)29)25(20-16-17(28)8-13-23(20)32)35-26(34)30-18-9-11-19(36-3)12-10-18/h4-16,25,32H,29H2,1-3H3,(H,30,34)(H,31,33)/b15-14+/t25-/m1/s1. The van der Waals surface area contributed by atoms with Gasteiger partial charge in [0, 0.05) is 25.1 Å². The Bertz CT molecular complexity index is 1260. The Kier molecular flexibility index (Phi) is 9.27. The van der Waals surface area contributed by atoms with E-state index in [-0.39, 0.29) is 11.7 Å². The van der Waals surface area contributed by atoms with Crippen molar-refractivity contribution >= 4 is 63.4 Å². The fraction of sp³-hybridized carbons (Fsp3) is 0.185. The predicted octanol–water partition coefficient (Wildman–Crippen LogP) is 6.81. The number of hydrogen-bond donors (Lipinski definition) is 4. The smallest absolute Gasteiger partial charge is 0.412 e. The fourth-order valence-corrected chi connectivity index (χ4v) is 4.37. The predicted molar refractivity (Wildman–Crippen MR) is 154 cm³/mol. The molecule has 0 saturated heterocycles. The summed E-state index contributed by atoms with van der Waals surface area (Å²) in [6.07, 6.45) is 3.40. The minimum absolute atomic E-state index is 0.0134. The van der Waals surface area contributed by atoms with Crippen LogP contribution in [0.15, 0.2) is 83.8 Å². The first-order valence-electron chi connectivity index (χ1n) is 11.0. The number of carbonyl (C=O) groups is 2. The normalized spacial score (nSPS) is 12.2. The maximum absolute atomic E-state index is 12.9. The topological polar surface area (TPSA) is 114 Å². The number of halogens is 1. The van der Waals surface area contributed by atoms with Gasteiger partial charge in [0.1, 0.15) is 11.9 Å². The van der Waals surface area contributed by atoms with Gasteiger partial charge in [0.15, 0.2) is 0 Å². The second-order valence-electron chi connectivity index (χ2n) is 8.57. The Hall–Kier alpha value is -3.18. The third-order valence-electron chi connectivity index (χ3n) is 5.39. The zero-order valence-electron chi connectivity index (χ0n) is 20.1. The van der Waals surface area contributed by atoms with Gasteiger partial charge in [0.2, 0.25) is 5.91 Å². The van der Waals surface area contributed by atoms with Crippen molar-refractivity contribution in [3.05, 3.63) is 88.0 Å². The molecule has 9 heteroatoms. The number of rotatable bonds is 8. The van der Waals surface area contributed by atoms with E-state index in [9.17, 15) is 14.7 Å². The Labute approximate surface area is 228 Å². The van der Waals surface area contributed by atoms with Crippen LogP contribution < -0.4 is 16.4 Å². The highest BCUT2D eigenvalue weighted by Crippen LogP contribution is 2.42. The van der Waals surface area contributed by atoms with E-state index in [0.29, 0.717) is 22.6 Å². The van der Waals surface area contributed by atoms with E-state index in [1.807, 2.05) is 32.2 Å². The Morgan fingerprint density at radius 2 is 1.78 bits per heavy atom. The van der Waals surface area contributed by atoms with Gasteiger partial charge >= 0.3 is 6.09 Å².